The number of hydrogen-bond donors (Lipinski definition) is 0. The molecular formula is C18H17ClO3. The van der Waals surface area contributed by atoms with Crippen LogP contribution in [0.1, 0.15) is 18.1 Å². The van der Waals surface area contributed by atoms with E-state index in [1.807, 2.05) is 38.1 Å². The van der Waals surface area contributed by atoms with Crippen LogP contribution in [-0.2, 0) is 4.79 Å². The molecule has 0 aliphatic rings. The summed E-state index contributed by atoms with van der Waals surface area (Å²) < 4.78 is 10.6. The molecule has 2 rings (SSSR count). The Labute approximate surface area is 135 Å². The largest absolute Gasteiger partial charge is 0.494 e. The van der Waals surface area contributed by atoms with Gasteiger partial charge in [0, 0.05) is 11.1 Å². The minimum absolute atomic E-state index is 0.431. The zero-order valence-electron chi connectivity index (χ0n) is 12.5. The molecule has 0 radical (unpaired) electrons. The van der Waals surface area contributed by atoms with Crippen molar-refractivity contribution in [3.63, 3.8) is 0 Å². The molecule has 0 bridgehead atoms. The third-order valence-electron chi connectivity index (χ3n) is 2.95. The number of esters is 1. The van der Waals surface area contributed by atoms with Crippen LogP contribution in [0.3, 0.4) is 0 Å². The Bertz CT molecular complexity index is 675. The molecule has 0 amide bonds. The van der Waals surface area contributed by atoms with Crippen molar-refractivity contribution in [2.45, 2.75) is 13.8 Å². The van der Waals surface area contributed by atoms with Crippen LogP contribution in [0.15, 0.2) is 48.5 Å². The Kier molecular flexibility index (Phi) is 5.61. The maximum absolute atomic E-state index is 11.8. The van der Waals surface area contributed by atoms with Crippen LogP contribution >= 0.6 is 11.6 Å². The molecule has 0 saturated carbocycles. The fourth-order valence-electron chi connectivity index (χ4n) is 1.88. The second-order valence-electron chi connectivity index (χ2n) is 4.67. The zero-order valence-corrected chi connectivity index (χ0v) is 13.3. The van der Waals surface area contributed by atoms with Gasteiger partial charge < -0.3 is 9.47 Å². The first-order valence-corrected chi connectivity index (χ1v) is 7.35. The van der Waals surface area contributed by atoms with Crippen LogP contribution in [0.25, 0.3) is 6.08 Å². The number of halogens is 1. The molecule has 0 saturated heterocycles. The fourth-order valence-corrected chi connectivity index (χ4v) is 2.10. The number of benzene rings is 2. The molecular weight excluding hydrogens is 300 g/mol. The van der Waals surface area contributed by atoms with Gasteiger partial charge in [-0.05, 0) is 61.4 Å². The van der Waals surface area contributed by atoms with E-state index in [0.29, 0.717) is 17.4 Å². The van der Waals surface area contributed by atoms with Gasteiger partial charge in [-0.2, -0.15) is 0 Å². The van der Waals surface area contributed by atoms with Gasteiger partial charge in [-0.25, -0.2) is 4.79 Å². The SMILES string of the molecule is CCOc1ccc(/C=C/C(=O)Oc2ccc(Cl)cc2C)cc1. The summed E-state index contributed by atoms with van der Waals surface area (Å²) in [5, 5.41) is 0.613. The minimum Gasteiger partial charge on any atom is -0.494 e. The molecule has 114 valence electrons. The molecule has 0 heterocycles. The Balaban J connectivity index is 1.98. The maximum Gasteiger partial charge on any atom is 0.336 e. The van der Waals surface area contributed by atoms with Gasteiger partial charge in [0.2, 0.25) is 0 Å². The van der Waals surface area contributed by atoms with E-state index in [1.54, 1.807) is 24.3 Å². The van der Waals surface area contributed by atoms with E-state index in [4.69, 9.17) is 21.1 Å². The summed E-state index contributed by atoms with van der Waals surface area (Å²) in [6.07, 6.45) is 3.09. The van der Waals surface area contributed by atoms with Crippen LogP contribution in [0.5, 0.6) is 11.5 Å². The van der Waals surface area contributed by atoms with Gasteiger partial charge >= 0.3 is 5.97 Å². The van der Waals surface area contributed by atoms with Gasteiger partial charge in [-0.3, -0.25) is 0 Å². The standard InChI is InChI=1S/C18H17ClO3/c1-3-21-16-8-4-14(5-9-16)6-11-18(20)22-17-10-7-15(19)12-13(17)2/h4-12H,3H2,1-2H3/b11-6+. The maximum atomic E-state index is 11.8. The summed E-state index contributed by atoms with van der Waals surface area (Å²) in [5.41, 5.74) is 1.71. The molecule has 0 aliphatic heterocycles. The van der Waals surface area contributed by atoms with E-state index in [9.17, 15) is 4.79 Å². The van der Waals surface area contributed by atoms with Crippen molar-refractivity contribution in [2.75, 3.05) is 6.61 Å². The molecule has 22 heavy (non-hydrogen) atoms. The third-order valence-corrected chi connectivity index (χ3v) is 3.19. The summed E-state index contributed by atoms with van der Waals surface area (Å²) in [4.78, 5) is 11.8. The average molecular weight is 317 g/mol. The van der Waals surface area contributed by atoms with Crippen LogP contribution in [-0.4, -0.2) is 12.6 Å². The summed E-state index contributed by atoms with van der Waals surface area (Å²) >= 11 is 5.87. The molecule has 0 atom stereocenters. The number of carbonyl (C=O) groups is 1. The zero-order chi connectivity index (χ0) is 15.9. The molecule has 2 aromatic rings. The minimum atomic E-state index is -0.431. The lowest BCUT2D eigenvalue weighted by molar-refractivity contribution is -0.128. The average Bonchev–Trinajstić information content (AvgIpc) is 2.50. The summed E-state index contributed by atoms with van der Waals surface area (Å²) in [6.45, 7) is 4.40. The number of aryl methyl sites for hydroxylation is 1. The molecule has 0 aromatic heterocycles. The van der Waals surface area contributed by atoms with Gasteiger partial charge in [0.15, 0.2) is 0 Å². The molecule has 0 N–H and O–H groups in total. The first-order chi connectivity index (χ1) is 10.6. The van der Waals surface area contributed by atoms with Crippen molar-refractivity contribution in [2.24, 2.45) is 0 Å². The van der Waals surface area contributed by atoms with E-state index in [-0.39, 0.29) is 0 Å². The van der Waals surface area contributed by atoms with Gasteiger partial charge in [-0.1, -0.05) is 23.7 Å². The predicted molar refractivity (Wildman–Crippen MR) is 88.5 cm³/mol. The van der Waals surface area contributed by atoms with Gasteiger partial charge in [0.1, 0.15) is 11.5 Å². The van der Waals surface area contributed by atoms with E-state index < -0.39 is 5.97 Å². The highest BCUT2D eigenvalue weighted by Crippen LogP contribution is 2.22. The normalized spacial score (nSPS) is 10.7. The first kappa shape index (κ1) is 16.1. The van der Waals surface area contributed by atoms with Crippen molar-refractivity contribution in [1.29, 1.82) is 0 Å². The van der Waals surface area contributed by atoms with Gasteiger partial charge in [0.25, 0.3) is 0 Å². The highest BCUT2D eigenvalue weighted by atomic mass is 35.5. The highest BCUT2D eigenvalue weighted by Gasteiger charge is 2.04. The van der Waals surface area contributed by atoms with Crippen molar-refractivity contribution in [1.82, 2.24) is 0 Å². The third kappa shape index (κ3) is 4.64. The lowest BCUT2D eigenvalue weighted by atomic mass is 10.2. The smallest absolute Gasteiger partial charge is 0.336 e. The van der Waals surface area contributed by atoms with E-state index in [1.165, 1.54) is 6.08 Å². The number of rotatable bonds is 5. The van der Waals surface area contributed by atoms with Crippen molar-refractivity contribution in [3.05, 3.63) is 64.7 Å². The number of ether oxygens (including phenoxy) is 2. The number of carbonyl (C=O) groups excluding carboxylic acids is 1. The Morgan fingerprint density at radius 2 is 1.91 bits per heavy atom. The predicted octanol–water partition coefficient (Wildman–Crippen LogP) is 4.67. The molecule has 0 spiro atoms. The Hall–Kier alpha value is -2.26. The lowest BCUT2D eigenvalue weighted by Gasteiger charge is -2.05. The second-order valence-corrected chi connectivity index (χ2v) is 5.10. The van der Waals surface area contributed by atoms with Crippen LogP contribution in [0.2, 0.25) is 5.02 Å². The van der Waals surface area contributed by atoms with Crippen LogP contribution < -0.4 is 9.47 Å². The molecule has 0 unspecified atom stereocenters. The lowest BCUT2D eigenvalue weighted by Crippen LogP contribution is -2.04. The highest BCUT2D eigenvalue weighted by molar-refractivity contribution is 6.30. The molecule has 4 heteroatoms. The topological polar surface area (TPSA) is 35.5 Å². The quantitative estimate of drug-likeness (QED) is 0.457. The van der Waals surface area contributed by atoms with Crippen molar-refractivity contribution >= 4 is 23.6 Å². The molecule has 0 aliphatic carbocycles. The van der Waals surface area contributed by atoms with Crippen molar-refractivity contribution < 1.29 is 14.3 Å². The monoisotopic (exact) mass is 316 g/mol. The van der Waals surface area contributed by atoms with Gasteiger partial charge in [0.05, 0.1) is 6.61 Å². The van der Waals surface area contributed by atoms with E-state index in [0.717, 1.165) is 16.9 Å². The number of hydrogen-bond acceptors (Lipinski definition) is 3. The van der Waals surface area contributed by atoms with E-state index in [2.05, 4.69) is 0 Å². The van der Waals surface area contributed by atoms with E-state index >= 15 is 0 Å². The summed E-state index contributed by atoms with van der Waals surface area (Å²) in [6, 6.07) is 12.6. The van der Waals surface area contributed by atoms with Crippen LogP contribution in [0.4, 0.5) is 0 Å². The van der Waals surface area contributed by atoms with Gasteiger partial charge in [-0.15, -0.1) is 0 Å². The first-order valence-electron chi connectivity index (χ1n) is 6.97. The fraction of sp³-hybridized carbons (Fsp3) is 0.167. The Morgan fingerprint density at radius 1 is 1.18 bits per heavy atom. The second kappa shape index (κ2) is 7.66. The summed E-state index contributed by atoms with van der Waals surface area (Å²) in [5.74, 6) is 0.879. The Morgan fingerprint density at radius 3 is 2.55 bits per heavy atom. The molecule has 2 aromatic carbocycles. The molecule has 3 nitrogen and oxygen atoms in total. The molecule has 0 fully saturated rings. The van der Waals surface area contributed by atoms with Crippen LogP contribution in [0, 0.1) is 6.92 Å². The van der Waals surface area contributed by atoms with Crippen molar-refractivity contribution in [3.8, 4) is 11.5 Å². The summed E-state index contributed by atoms with van der Waals surface area (Å²) in [7, 11) is 0.